The number of nitrogens with zero attached hydrogens (tertiary/aromatic N) is 2. The van der Waals surface area contributed by atoms with E-state index in [1.807, 2.05) is 0 Å². The van der Waals surface area contributed by atoms with Crippen LogP contribution in [0.15, 0.2) is 48.5 Å². The molecule has 0 unspecified atom stereocenters. The predicted molar refractivity (Wildman–Crippen MR) is 106 cm³/mol. The number of carbonyl (C=O) groups excluding carboxylic acids is 1. The molecule has 6 nitrogen and oxygen atoms in total. The van der Waals surface area contributed by atoms with Crippen LogP contribution < -0.4 is 4.31 Å². The van der Waals surface area contributed by atoms with E-state index in [-0.39, 0.29) is 12.5 Å². The van der Waals surface area contributed by atoms with Gasteiger partial charge < -0.3 is 9.64 Å². The van der Waals surface area contributed by atoms with Gasteiger partial charge in [0.25, 0.3) is 5.91 Å². The molecule has 144 valence electrons. The molecule has 0 N–H and O–H groups in total. The highest BCUT2D eigenvalue weighted by Crippen LogP contribution is 2.22. The number of halogens is 1. The van der Waals surface area contributed by atoms with Crippen molar-refractivity contribution in [2.75, 3.05) is 36.9 Å². The first-order chi connectivity index (χ1) is 12.8. The summed E-state index contributed by atoms with van der Waals surface area (Å²) < 4.78 is 31.1. The van der Waals surface area contributed by atoms with Crippen molar-refractivity contribution in [1.82, 2.24) is 4.90 Å². The van der Waals surface area contributed by atoms with Crippen molar-refractivity contribution in [2.24, 2.45) is 0 Å². The highest BCUT2D eigenvalue weighted by Gasteiger charge is 2.21. The van der Waals surface area contributed by atoms with Crippen molar-refractivity contribution in [3.05, 3.63) is 64.7 Å². The molecule has 1 aliphatic heterocycles. The van der Waals surface area contributed by atoms with E-state index in [0.717, 1.165) is 11.8 Å². The summed E-state index contributed by atoms with van der Waals surface area (Å²) in [5.74, 6) is -0.0755. The van der Waals surface area contributed by atoms with Gasteiger partial charge in [0.15, 0.2) is 0 Å². The molecule has 1 heterocycles. The average molecular weight is 409 g/mol. The van der Waals surface area contributed by atoms with E-state index in [1.165, 1.54) is 4.31 Å². The molecule has 1 saturated heterocycles. The Bertz CT molecular complexity index is 892. The van der Waals surface area contributed by atoms with Crippen LogP contribution in [0.1, 0.15) is 15.9 Å². The highest BCUT2D eigenvalue weighted by atomic mass is 35.5. The van der Waals surface area contributed by atoms with Crippen molar-refractivity contribution < 1.29 is 17.9 Å². The molecule has 2 aromatic carbocycles. The van der Waals surface area contributed by atoms with Crippen molar-refractivity contribution in [3.63, 3.8) is 0 Å². The minimum atomic E-state index is -3.49. The van der Waals surface area contributed by atoms with E-state index in [2.05, 4.69) is 0 Å². The lowest BCUT2D eigenvalue weighted by atomic mass is 10.1. The lowest BCUT2D eigenvalue weighted by molar-refractivity contribution is 0.0303. The Kier molecular flexibility index (Phi) is 6.04. The van der Waals surface area contributed by atoms with Crippen LogP contribution in [0, 0.1) is 0 Å². The van der Waals surface area contributed by atoms with E-state index in [0.29, 0.717) is 42.6 Å². The van der Waals surface area contributed by atoms with Crippen LogP contribution in [0.5, 0.6) is 0 Å². The number of rotatable bonds is 5. The van der Waals surface area contributed by atoms with Crippen molar-refractivity contribution >= 4 is 33.2 Å². The topological polar surface area (TPSA) is 66.9 Å². The number of morpholine rings is 1. The Labute approximate surface area is 164 Å². The number of sulfonamides is 1. The molecule has 27 heavy (non-hydrogen) atoms. The molecule has 0 saturated carbocycles. The predicted octanol–water partition coefficient (Wildman–Crippen LogP) is 2.78. The Morgan fingerprint density at radius 3 is 2.22 bits per heavy atom. The smallest absolute Gasteiger partial charge is 0.254 e. The van der Waals surface area contributed by atoms with Gasteiger partial charge in [-0.25, -0.2) is 8.42 Å². The Hall–Kier alpha value is -2.09. The van der Waals surface area contributed by atoms with Gasteiger partial charge in [-0.05, 0) is 42.0 Å². The Morgan fingerprint density at radius 1 is 1.07 bits per heavy atom. The van der Waals surface area contributed by atoms with Gasteiger partial charge in [0.1, 0.15) is 0 Å². The highest BCUT2D eigenvalue weighted by molar-refractivity contribution is 7.92. The molecular weight excluding hydrogens is 388 g/mol. The molecule has 2 aromatic rings. The maximum Gasteiger partial charge on any atom is 0.254 e. The van der Waals surface area contributed by atoms with Gasteiger partial charge in [0, 0.05) is 23.7 Å². The second-order valence-electron chi connectivity index (χ2n) is 6.35. The molecule has 0 bridgehead atoms. The monoisotopic (exact) mass is 408 g/mol. The number of hydrogen-bond acceptors (Lipinski definition) is 4. The molecule has 0 spiro atoms. The Morgan fingerprint density at radius 2 is 1.67 bits per heavy atom. The number of hydrogen-bond donors (Lipinski definition) is 0. The summed E-state index contributed by atoms with van der Waals surface area (Å²) in [6.07, 6.45) is 1.16. The number of amides is 1. The zero-order chi connectivity index (χ0) is 19.4. The molecule has 1 aliphatic rings. The van der Waals surface area contributed by atoms with Gasteiger partial charge in [-0.3, -0.25) is 9.10 Å². The standard InChI is InChI=1S/C19H21ClN2O4S/c1-27(24,25)22(14-15-2-6-17(20)7-3-15)18-8-4-16(5-9-18)19(23)21-10-12-26-13-11-21/h2-9H,10-14H2,1H3. The molecule has 0 atom stereocenters. The average Bonchev–Trinajstić information content (AvgIpc) is 2.67. The lowest BCUT2D eigenvalue weighted by Crippen LogP contribution is -2.40. The van der Waals surface area contributed by atoms with Gasteiger partial charge in [0.05, 0.1) is 31.7 Å². The first-order valence-electron chi connectivity index (χ1n) is 8.54. The summed E-state index contributed by atoms with van der Waals surface area (Å²) >= 11 is 5.89. The minimum Gasteiger partial charge on any atom is -0.378 e. The third kappa shape index (κ3) is 5.00. The summed E-state index contributed by atoms with van der Waals surface area (Å²) in [5.41, 5.74) is 1.85. The van der Waals surface area contributed by atoms with Crippen LogP contribution >= 0.6 is 11.6 Å². The third-order valence-electron chi connectivity index (χ3n) is 4.34. The van der Waals surface area contributed by atoms with Gasteiger partial charge in [-0.15, -0.1) is 0 Å². The normalized spacial score (nSPS) is 14.8. The molecular formula is C19H21ClN2O4S. The fourth-order valence-corrected chi connectivity index (χ4v) is 3.89. The summed E-state index contributed by atoms with van der Waals surface area (Å²) in [5, 5.41) is 0.593. The minimum absolute atomic E-state index is 0.0755. The molecule has 8 heteroatoms. The van der Waals surface area contributed by atoms with Crippen LogP contribution in [-0.4, -0.2) is 51.8 Å². The van der Waals surface area contributed by atoms with Crippen LogP contribution in [0.25, 0.3) is 0 Å². The number of ether oxygens (including phenoxy) is 1. The van der Waals surface area contributed by atoms with Gasteiger partial charge in [-0.2, -0.15) is 0 Å². The fraction of sp³-hybridized carbons (Fsp3) is 0.316. The zero-order valence-corrected chi connectivity index (χ0v) is 16.5. The van der Waals surface area contributed by atoms with E-state index in [1.54, 1.807) is 53.4 Å². The van der Waals surface area contributed by atoms with Crippen LogP contribution in [0.2, 0.25) is 5.02 Å². The number of benzene rings is 2. The second-order valence-corrected chi connectivity index (χ2v) is 8.69. The van der Waals surface area contributed by atoms with E-state index < -0.39 is 10.0 Å². The fourth-order valence-electron chi connectivity index (χ4n) is 2.87. The van der Waals surface area contributed by atoms with Gasteiger partial charge in [0.2, 0.25) is 10.0 Å². The summed E-state index contributed by atoms with van der Waals surface area (Å²) in [4.78, 5) is 14.3. The van der Waals surface area contributed by atoms with Crippen molar-refractivity contribution in [2.45, 2.75) is 6.54 Å². The second kappa shape index (κ2) is 8.29. The summed E-state index contributed by atoms with van der Waals surface area (Å²) in [7, 11) is -3.49. The maximum absolute atomic E-state index is 12.5. The van der Waals surface area contributed by atoms with Gasteiger partial charge in [-0.1, -0.05) is 23.7 Å². The van der Waals surface area contributed by atoms with Crippen molar-refractivity contribution in [1.29, 1.82) is 0 Å². The molecule has 3 rings (SSSR count). The van der Waals surface area contributed by atoms with Crippen molar-refractivity contribution in [3.8, 4) is 0 Å². The SMILES string of the molecule is CS(=O)(=O)N(Cc1ccc(Cl)cc1)c1ccc(C(=O)N2CCOCC2)cc1. The van der Waals surface area contributed by atoms with E-state index in [4.69, 9.17) is 16.3 Å². The van der Waals surface area contributed by atoms with E-state index in [9.17, 15) is 13.2 Å². The first kappa shape index (κ1) is 19.7. The lowest BCUT2D eigenvalue weighted by Gasteiger charge is -2.27. The molecule has 0 radical (unpaired) electrons. The first-order valence-corrected chi connectivity index (χ1v) is 10.8. The largest absolute Gasteiger partial charge is 0.378 e. The summed E-state index contributed by atoms with van der Waals surface area (Å²) in [6, 6.07) is 13.7. The van der Waals surface area contributed by atoms with Crippen LogP contribution in [-0.2, 0) is 21.3 Å². The van der Waals surface area contributed by atoms with Crippen LogP contribution in [0.3, 0.4) is 0 Å². The van der Waals surface area contributed by atoms with Gasteiger partial charge >= 0.3 is 0 Å². The molecule has 1 fully saturated rings. The number of anilines is 1. The summed E-state index contributed by atoms with van der Waals surface area (Å²) in [6.45, 7) is 2.38. The van der Waals surface area contributed by atoms with Crippen LogP contribution in [0.4, 0.5) is 5.69 Å². The number of carbonyl (C=O) groups is 1. The molecule has 1 amide bonds. The van der Waals surface area contributed by atoms with E-state index >= 15 is 0 Å². The zero-order valence-electron chi connectivity index (χ0n) is 15.0. The maximum atomic E-state index is 12.5. The Balaban J connectivity index is 1.80. The third-order valence-corrected chi connectivity index (χ3v) is 5.73. The molecule has 0 aromatic heterocycles. The molecule has 0 aliphatic carbocycles. The quantitative estimate of drug-likeness (QED) is 0.763.